The van der Waals surface area contributed by atoms with E-state index in [0.29, 0.717) is 0 Å². The molecule has 0 bridgehead atoms. The Hall–Kier alpha value is -1.94. The molecule has 0 fully saturated rings. The highest BCUT2D eigenvalue weighted by atomic mass is 32.1. The Morgan fingerprint density at radius 3 is 2.68 bits per heavy atom. The fourth-order valence-electron chi connectivity index (χ4n) is 2.20. The molecule has 0 saturated carbocycles. The van der Waals surface area contributed by atoms with Crippen LogP contribution in [0.3, 0.4) is 0 Å². The molecule has 0 radical (unpaired) electrons. The molecule has 0 unspecified atom stereocenters. The van der Waals surface area contributed by atoms with Gasteiger partial charge in [0.15, 0.2) is 5.13 Å². The number of aromatic nitrogens is 2. The van der Waals surface area contributed by atoms with E-state index in [0.717, 1.165) is 27.6 Å². The van der Waals surface area contributed by atoms with Crippen molar-refractivity contribution in [1.82, 2.24) is 9.97 Å². The zero-order valence-corrected chi connectivity index (χ0v) is 12.0. The zero-order chi connectivity index (χ0) is 13.4. The number of aryl methyl sites for hydroxylation is 2. The molecule has 3 nitrogen and oxygen atoms in total. The summed E-state index contributed by atoms with van der Waals surface area (Å²) in [6.45, 7) is 4.12. The number of anilines is 1. The molecular formula is C15H15N3S. The fourth-order valence-corrected chi connectivity index (χ4v) is 2.87. The first-order valence-corrected chi connectivity index (χ1v) is 7.07. The first-order valence-electron chi connectivity index (χ1n) is 6.19. The molecule has 0 atom stereocenters. The Labute approximate surface area is 116 Å². The third kappa shape index (κ3) is 2.19. The normalized spacial score (nSPS) is 10.9. The average Bonchev–Trinajstić information content (AvgIpc) is 2.87. The van der Waals surface area contributed by atoms with Crippen molar-refractivity contribution in [3.8, 4) is 11.3 Å². The van der Waals surface area contributed by atoms with E-state index in [-0.39, 0.29) is 0 Å². The second-order valence-electron chi connectivity index (χ2n) is 4.62. The van der Waals surface area contributed by atoms with Gasteiger partial charge in [0.25, 0.3) is 0 Å². The summed E-state index contributed by atoms with van der Waals surface area (Å²) < 4.78 is 0. The fraction of sp³-hybridized carbons (Fsp3) is 0.200. The number of fused-ring (bicyclic) bond motifs is 1. The van der Waals surface area contributed by atoms with Gasteiger partial charge in [-0.05, 0) is 32.0 Å². The van der Waals surface area contributed by atoms with Gasteiger partial charge in [0.05, 0.1) is 11.2 Å². The number of nitrogens with zero attached hydrogens (tertiary/aromatic N) is 2. The van der Waals surface area contributed by atoms with Crippen LogP contribution in [0.1, 0.15) is 11.3 Å². The smallest absolute Gasteiger partial charge is 0.182 e. The summed E-state index contributed by atoms with van der Waals surface area (Å²) in [5.41, 5.74) is 5.45. The topological polar surface area (TPSA) is 37.8 Å². The van der Waals surface area contributed by atoms with E-state index in [9.17, 15) is 0 Å². The number of nitrogens with one attached hydrogen (secondary N) is 1. The number of rotatable bonds is 2. The van der Waals surface area contributed by atoms with Gasteiger partial charge < -0.3 is 5.32 Å². The first-order chi connectivity index (χ1) is 9.17. The van der Waals surface area contributed by atoms with Crippen molar-refractivity contribution >= 4 is 27.4 Å². The minimum atomic E-state index is 0.935. The number of thiazole rings is 1. The van der Waals surface area contributed by atoms with Crippen LogP contribution in [0.25, 0.3) is 22.2 Å². The summed E-state index contributed by atoms with van der Waals surface area (Å²) in [7, 11) is 1.89. The second-order valence-corrected chi connectivity index (χ2v) is 5.48. The molecule has 0 aliphatic carbocycles. The van der Waals surface area contributed by atoms with Crippen molar-refractivity contribution in [1.29, 1.82) is 0 Å². The van der Waals surface area contributed by atoms with Crippen molar-refractivity contribution in [2.24, 2.45) is 0 Å². The molecule has 1 N–H and O–H groups in total. The zero-order valence-electron chi connectivity index (χ0n) is 11.2. The number of hydrogen-bond acceptors (Lipinski definition) is 4. The SMILES string of the molecule is CNc1nc(-c2cc(C)nc3ccc(C)cc23)cs1. The van der Waals surface area contributed by atoms with Crippen LogP contribution in [0.2, 0.25) is 0 Å². The molecule has 96 valence electrons. The van der Waals surface area contributed by atoms with Crippen molar-refractivity contribution in [3.63, 3.8) is 0 Å². The summed E-state index contributed by atoms with van der Waals surface area (Å²) in [5, 5.41) is 7.27. The molecule has 2 heterocycles. The lowest BCUT2D eigenvalue weighted by Gasteiger charge is -2.06. The van der Waals surface area contributed by atoms with Crippen LogP contribution in [0.5, 0.6) is 0 Å². The van der Waals surface area contributed by atoms with E-state index < -0.39 is 0 Å². The van der Waals surface area contributed by atoms with Crippen LogP contribution < -0.4 is 5.32 Å². The number of benzene rings is 1. The molecule has 0 aliphatic rings. The molecule has 3 rings (SSSR count). The third-order valence-corrected chi connectivity index (χ3v) is 3.95. The molecular weight excluding hydrogens is 254 g/mol. The highest BCUT2D eigenvalue weighted by Crippen LogP contribution is 2.31. The lowest BCUT2D eigenvalue weighted by molar-refractivity contribution is 1.25. The van der Waals surface area contributed by atoms with Gasteiger partial charge in [-0.3, -0.25) is 4.98 Å². The van der Waals surface area contributed by atoms with Gasteiger partial charge >= 0.3 is 0 Å². The van der Waals surface area contributed by atoms with E-state index in [2.05, 4.69) is 51.9 Å². The summed E-state index contributed by atoms with van der Waals surface area (Å²) in [4.78, 5) is 9.19. The van der Waals surface area contributed by atoms with Gasteiger partial charge in [0.2, 0.25) is 0 Å². The van der Waals surface area contributed by atoms with Crippen molar-refractivity contribution in [2.45, 2.75) is 13.8 Å². The summed E-state index contributed by atoms with van der Waals surface area (Å²) in [5.74, 6) is 0. The van der Waals surface area contributed by atoms with Gasteiger partial charge in [-0.15, -0.1) is 11.3 Å². The molecule has 1 aromatic carbocycles. The molecule has 0 saturated heterocycles. The maximum absolute atomic E-state index is 4.60. The van der Waals surface area contributed by atoms with Crippen LogP contribution in [0.15, 0.2) is 29.6 Å². The van der Waals surface area contributed by atoms with Crippen molar-refractivity contribution < 1.29 is 0 Å². The summed E-state index contributed by atoms with van der Waals surface area (Å²) in [6.07, 6.45) is 0. The maximum Gasteiger partial charge on any atom is 0.182 e. The Morgan fingerprint density at radius 1 is 1.11 bits per heavy atom. The molecule has 2 aromatic heterocycles. The monoisotopic (exact) mass is 269 g/mol. The van der Waals surface area contributed by atoms with Crippen molar-refractivity contribution in [2.75, 3.05) is 12.4 Å². The largest absolute Gasteiger partial charge is 0.365 e. The van der Waals surface area contributed by atoms with E-state index >= 15 is 0 Å². The average molecular weight is 269 g/mol. The maximum atomic E-state index is 4.60. The Bertz CT molecular complexity index is 746. The molecule has 19 heavy (non-hydrogen) atoms. The Balaban J connectivity index is 2.29. The molecule has 3 aromatic rings. The lowest BCUT2D eigenvalue weighted by atomic mass is 10.0. The highest BCUT2D eigenvalue weighted by Gasteiger charge is 2.10. The van der Waals surface area contributed by atoms with Gasteiger partial charge in [-0.1, -0.05) is 11.6 Å². The predicted octanol–water partition coefficient (Wildman–Crippen LogP) is 4.02. The van der Waals surface area contributed by atoms with Gasteiger partial charge in [0.1, 0.15) is 0 Å². The van der Waals surface area contributed by atoms with Gasteiger partial charge in [-0.2, -0.15) is 0 Å². The van der Waals surface area contributed by atoms with Crippen LogP contribution in [-0.4, -0.2) is 17.0 Å². The molecule has 0 aliphatic heterocycles. The van der Waals surface area contributed by atoms with Crippen molar-refractivity contribution in [3.05, 3.63) is 40.9 Å². The quantitative estimate of drug-likeness (QED) is 0.763. The third-order valence-electron chi connectivity index (χ3n) is 3.09. The molecule has 4 heteroatoms. The van der Waals surface area contributed by atoms with E-state index in [1.807, 2.05) is 14.0 Å². The van der Waals surface area contributed by atoms with E-state index in [4.69, 9.17) is 0 Å². The Kier molecular flexibility index (Phi) is 2.95. The predicted molar refractivity (Wildman–Crippen MR) is 81.9 cm³/mol. The van der Waals surface area contributed by atoms with Crippen LogP contribution in [0, 0.1) is 13.8 Å². The molecule has 0 amide bonds. The minimum absolute atomic E-state index is 0.935. The van der Waals surface area contributed by atoms with Gasteiger partial charge in [-0.25, -0.2) is 4.98 Å². The van der Waals surface area contributed by atoms with Crippen LogP contribution >= 0.6 is 11.3 Å². The minimum Gasteiger partial charge on any atom is -0.365 e. The second kappa shape index (κ2) is 4.63. The van der Waals surface area contributed by atoms with Crippen LogP contribution in [0.4, 0.5) is 5.13 Å². The summed E-state index contributed by atoms with van der Waals surface area (Å²) >= 11 is 1.62. The van der Waals surface area contributed by atoms with E-state index in [1.54, 1.807) is 11.3 Å². The van der Waals surface area contributed by atoms with Crippen LogP contribution in [-0.2, 0) is 0 Å². The standard InChI is InChI=1S/C15H15N3S/c1-9-4-5-13-11(6-9)12(7-10(2)17-13)14-8-19-15(16-3)18-14/h4-8H,1-3H3,(H,16,18). The van der Waals surface area contributed by atoms with E-state index in [1.165, 1.54) is 10.9 Å². The number of hydrogen-bond donors (Lipinski definition) is 1. The van der Waals surface area contributed by atoms with Gasteiger partial charge in [0, 0.05) is 29.1 Å². The highest BCUT2D eigenvalue weighted by molar-refractivity contribution is 7.14. The lowest BCUT2D eigenvalue weighted by Crippen LogP contribution is -1.90. The first kappa shape index (κ1) is 12.1. The number of pyridine rings is 1. The molecule has 0 spiro atoms. The Morgan fingerprint density at radius 2 is 1.95 bits per heavy atom. The summed E-state index contributed by atoms with van der Waals surface area (Å²) in [6, 6.07) is 8.46.